The molecule has 1 saturated heterocycles. The van der Waals surface area contributed by atoms with Gasteiger partial charge in [0.2, 0.25) is 5.78 Å². The molecule has 2 aromatic rings. The number of ketones is 1. The fourth-order valence-electron chi connectivity index (χ4n) is 2.54. The maximum Gasteiger partial charge on any atom is 0.225 e. The van der Waals surface area contributed by atoms with E-state index in [1.165, 1.54) is 11.3 Å². The molecule has 3 rings (SSSR count). The average molecular weight is 396 g/mol. The van der Waals surface area contributed by atoms with Crippen LogP contribution in [0.3, 0.4) is 0 Å². The van der Waals surface area contributed by atoms with Gasteiger partial charge in [-0.25, -0.2) is 9.97 Å². The van der Waals surface area contributed by atoms with Gasteiger partial charge in [0, 0.05) is 35.7 Å². The molecule has 0 spiro atoms. The van der Waals surface area contributed by atoms with Crippen LogP contribution < -0.4 is 10.6 Å². The summed E-state index contributed by atoms with van der Waals surface area (Å²) in [6.45, 7) is 3.98. The van der Waals surface area contributed by atoms with Crippen LogP contribution in [-0.4, -0.2) is 53.9 Å². The molecule has 0 radical (unpaired) electrons. The van der Waals surface area contributed by atoms with Crippen LogP contribution in [-0.2, 0) is 0 Å². The number of carbonyl (C=O) groups is 1. The predicted molar refractivity (Wildman–Crippen MR) is 96.2 cm³/mol. The molecule has 23 heavy (non-hydrogen) atoms. The van der Waals surface area contributed by atoms with Crippen LogP contribution in [0.1, 0.15) is 21.8 Å². The quantitative estimate of drug-likeness (QED) is 0.803. The number of pyridine rings is 1. The summed E-state index contributed by atoms with van der Waals surface area (Å²) < 4.78 is 0.724. The van der Waals surface area contributed by atoms with Crippen LogP contribution in [0.15, 0.2) is 22.1 Å². The zero-order chi connectivity index (χ0) is 16.4. The molecule has 0 atom stereocenters. The van der Waals surface area contributed by atoms with Crippen LogP contribution in [0.5, 0.6) is 0 Å². The molecule has 122 valence electrons. The van der Waals surface area contributed by atoms with E-state index in [1.54, 1.807) is 12.3 Å². The van der Waals surface area contributed by atoms with Crippen LogP contribution in [0, 0.1) is 0 Å². The molecule has 1 aliphatic heterocycles. The average Bonchev–Trinajstić information content (AvgIpc) is 2.92. The number of aromatic nitrogens is 2. The van der Waals surface area contributed by atoms with Crippen LogP contribution in [0.4, 0.5) is 11.6 Å². The first-order valence-corrected chi connectivity index (χ1v) is 9.06. The second-order valence-corrected chi connectivity index (χ2v) is 7.34. The highest BCUT2D eigenvalue weighted by Crippen LogP contribution is 2.24. The van der Waals surface area contributed by atoms with E-state index in [4.69, 9.17) is 5.73 Å². The highest BCUT2D eigenvalue weighted by atomic mass is 79.9. The van der Waals surface area contributed by atoms with Crippen molar-refractivity contribution in [2.75, 3.05) is 43.9 Å². The molecular weight excluding hydrogens is 378 g/mol. The van der Waals surface area contributed by atoms with Crippen LogP contribution in [0.2, 0.25) is 0 Å². The van der Waals surface area contributed by atoms with Gasteiger partial charge < -0.3 is 15.5 Å². The van der Waals surface area contributed by atoms with Gasteiger partial charge in [0.25, 0.3) is 0 Å². The normalized spacial score (nSPS) is 16.3. The molecule has 1 fully saturated rings. The van der Waals surface area contributed by atoms with Gasteiger partial charge in [-0.1, -0.05) is 0 Å². The topological polar surface area (TPSA) is 75.3 Å². The number of hydrogen-bond acceptors (Lipinski definition) is 7. The van der Waals surface area contributed by atoms with Crippen LogP contribution in [0.25, 0.3) is 0 Å². The minimum Gasteiger partial charge on any atom is -0.383 e. The van der Waals surface area contributed by atoms with Crippen molar-refractivity contribution in [3.63, 3.8) is 0 Å². The van der Waals surface area contributed by atoms with E-state index in [0.29, 0.717) is 10.6 Å². The standard InChI is InChI=1S/C15H18BrN5OS/c1-20-3-2-4-21(6-5-20)12-9-23-15(19-12)13(22)11-7-10(16)8-18-14(11)17/h7-9H,2-6H2,1H3,(H2,17,18). The molecule has 1 aliphatic rings. The van der Waals surface area contributed by atoms with E-state index in [2.05, 4.69) is 42.7 Å². The Hall–Kier alpha value is -1.51. The number of likely N-dealkylation sites (N-methyl/N-ethyl adjacent to an activating group) is 1. The number of rotatable bonds is 3. The summed E-state index contributed by atoms with van der Waals surface area (Å²) in [7, 11) is 2.13. The lowest BCUT2D eigenvalue weighted by Crippen LogP contribution is -2.29. The molecule has 0 unspecified atom stereocenters. The zero-order valence-electron chi connectivity index (χ0n) is 12.8. The molecule has 8 heteroatoms. The molecule has 0 bridgehead atoms. The zero-order valence-corrected chi connectivity index (χ0v) is 15.2. The number of anilines is 2. The van der Waals surface area contributed by atoms with E-state index < -0.39 is 0 Å². The van der Waals surface area contributed by atoms with Crippen molar-refractivity contribution in [1.29, 1.82) is 0 Å². The number of nitrogens with zero attached hydrogens (tertiary/aromatic N) is 4. The molecule has 6 nitrogen and oxygen atoms in total. The number of nitrogen functional groups attached to an aromatic ring is 1. The fraction of sp³-hybridized carbons (Fsp3) is 0.400. The maximum atomic E-state index is 12.6. The van der Waals surface area contributed by atoms with E-state index in [1.807, 2.05) is 5.38 Å². The lowest BCUT2D eigenvalue weighted by atomic mass is 10.2. The van der Waals surface area contributed by atoms with Crippen molar-refractivity contribution in [2.24, 2.45) is 0 Å². The molecule has 0 amide bonds. The number of thiazole rings is 1. The highest BCUT2D eigenvalue weighted by Gasteiger charge is 2.20. The summed E-state index contributed by atoms with van der Waals surface area (Å²) in [5.74, 6) is 0.918. The molecule has 0 saturated carbocycles. The SMILES string of the molecule is CN1CCCN(c2csc(C(=O)c3cc(Br)cnc3N)n2)CC1. The van der Waals surface area contributed by atoms with Crippen LogP contribution >= 0.6 is 27.3 Å². The van der Waals surface area contributed by atoms with Gasteiger partial charge in [0.1, 0.15) is 11.6 Å². The highest BCUT2D eigenvalue weighted by molar-refractivity contribution is 9.10. The minimum atomic E-state index is -0.181. The van der Waals surface area contributed by atoms with E-state index >= 15 is 0 Å². The van der Waals surface area contributed by atoms with Gasteiger partial charge >= 0.3 is 0 Å². The van der Waals surface area contributed by atoms with Crippen molar-refractivity contribution in [3.05, 3.63) is 32.7 Å². The van der Waals surface area contributed by atoms with Crippen molar-refractivity contribution in [2.45, 2.75) is 6.42 Å². The van der Waals surface area contributed by atoms with Gasteiger partial charge in [0.15, 0.2) is 5.01 Å². The first-order valence-electron chi connectivity index (χ1n) is 7.39. The third-order valence-electron chi connectivity index (χ3n) is 3.86. The van der Waals surface area contributed by atoms with E-state index in [-0.39, 0.29) is 11.6 Å². The van der Waals surface area contributed by atoms with Gasteiger partial charge in [-0.15, -0.1) is 11.3 Å². The Morgan fingerprint density at radius 2 is 2.17 bits per heavy atom. The Labute approximate surface area is 147 Å². The van der Waals surface area contributed by atoms with Crippen molar-refractivity contribution in [3.8, 4) is 0 Å². The van der Waals surface area contributed by atoms with Gasteiger partial charge in [-0.3, -0.25) is 4.79 Å². The molecule has 0 aromatic carbocycles. The fourth-order valence-corrected chi connectivity index (χ4v) is 3.65. The summed E-state index contributed by atoms with van der Waals surface area (Å²) in [4.78, 5) is 25.7. The maximum absolute atomic E-state index is 12.6. The molecule has 0 aliphatic carbocycles. The van der Waals surface area contributed by atoms with Crippen molar-refractivity contribution < 1.29 is 4.79 Å². The smallest absolute Gasteiger partial charge is 0.225 e. The number of halogens is 1. The second kappa shape index (κ2) is 6.94. The second-order valence-electron chi connectivity index (χ2n) is 5.57. The van der Waals surface area contributed by atoms with Crippen molar-refractivity contribution in [1.82, 2.24) is 14.9 Å². The number of carbonyl (C=O) groups excluding carboxylic acids is 1. The largest absolute Gasteiger partial charge is 0.383 e. The Kier molecular flexibility index (Phi) is 4.93. The van der Waals surface area contributed by atoms with E-state index in [0.717, 1.165) is 42.9 Å². The summed E-state index contributed by atoms with van der Waals surface area (Å²) in [6, 6.07) is 1.69. The molecule has 2 aromatic heterocycles. The summed E-state index contributed by atoms with van der Waals surface area (Å²) in [6.07, 6.45) is 2.67. The van der Waals surface area contributed by atoms with E-state index in [9.17, 15) is 4.79 Å². The first kappa shape index (κ1) is 16.4. The predicted octanol–water partition coefficient (Wildman–Crippen LogP) is 2.26. The minimum absolute atomic E-state index is 0.181. The summed E-state index contributed by atoms with van der Waals surface area (Å²) in [5.41, 5.74) is 6.21. The molecule has 3 heterocycles. The Morgan fingerprint density at radius 1 is 1.35 bits per heavy atom. The van der Waals surface area contributed by atoms with Gasteiger partial charge in [-0.05, 0) is 42.0 Å². The number of hydrogen-bond donors (Lipinski definition) is 1. The summed E-state index contributed by atoms with van der Waals surface area (Å²) >= 11 is 4.67. The van der Waals surface area contributed by atoms with Gasteiger partial charge in [0.05, 0.1) is 5.56 Å². The third kappa shape index (κ3) is 3.70. The molecule has 2 N–H and O–H groups in total. The Balaban J connectivity index is 1.81. The lowest BCUT2D eigenvalue weighted by Gasteiger charge is -2.19. The Bertz CT molecular complexity index is 720. The first-order chi connectivity index (χ1) is 11.0. The molecular formula is C15H18BrN5OS. The summed E-state index contributed by atoms with van der Waals surface area (Å²) in [5, 5.41) is 2.39. The Morgan fingerprint density at radius 3 is 3.00 bits per heavy atom. The van der Waals surface area contributed by atoms with Crippen molar-refractivity contribution >= 4 is 44.7 Å². The number of nitrogens with two attached hydrogens (primary N) is 1. The third-order valence-corrected chi connectivity index (χ3v) is 5.12. The monoisotopic (exact) mass is 395 g/mol. The lowest BCUT2D eigenvalue weighted by molar-refractivity contribution is 0.103. The van der Waals surface area contributed by atoms with Gasteiger partial charge in [-0.2, -0.15) is 0 Å².